The first-order valence-electron chi connectivity index (χ1n) is 8.24. The Morgan fingerprint density at radius 2 is 1.95 bits per heavy atom. The lowest BCUT2D eigenvalue weighted by molar-refractivity contribution is -0.187. The van der Waals surface area contributed by atoms with Gasteiger partial charge in [0.25, 0.3) is 0 Å². The van der Waals surface area contributed by atoms with Crippen LogP contribution in [0.5, 0.6) is 0 Å². The standard InChI is InChI=1S/C18H25NO3/c1-18(15-7-3-2-4-8-15)9-5-10-19(14-18)16(20)13-17-21-11-6-12-22-17/h2-4,7-8,17H,5-6,9-14H2,1H3. The summed E-state index contributed by atoms with van der Waals surface area (Å²) >= 11 is 0. The van der Waals surface area contributed by atoms with Crippen molar-refractivity contribution in [2.24, 2.45) is 0 Å². The Kier molecular flexibility index (Phi) is 4.79. The SMILES string of the molecule is CC1(c2ccccc2)CCCN(C(=O)CC2OCCCO2)C1. The number of amides is 1. The maximum Gasteiger partial charge on any atom is 0.227 e. The number of rotatable bonds is 3. The van der Waals surface area contributed by atoms with Crippen LogP contribution >= 0.6 is 0 Å². The molecule has 0 spiro atoms. The number of nitrogens with zero attached hydrogens (tertiary/aromatic N) is 1. The van der Waals surface area contributed by atoms with Gasteiger partial charge in [-0.05, 0) is 24.8 Å². The first kappa shape index (κ1) is 15.5. The topological polar surface area (TPSA) is 38.8 Å². The second-order valence-electron chi connectivity index (χ2n) is 6.57. The maximum absolute atomic E-state index is 12.6. The molecular formula is C18H25NO3. The van der Waals surface area contributed by atoms with Crippen LogP contribution in [0.4, 0.5) is 0 Å². The molecule has 0 aliphatic carbocycles. The van der Waals surface area contributed by atoms with Gasteiger partial charge in [-0.25, -0.2) is 0 Å². The largest absolute Gasteiger partial charge is 0.352 e. The summed E-state index contributed by atoms with van der Waals surface area (Å²) in [6.07, 6.45) is 3.07. The van der Waals surface area contributed by atoms with Gasteiger partial charge in [0.1, 0.15) is 0 Å². The molecule has 1 amide bonds. The highest BCUT2D eigenvalue weighted by atomic mass is 16.7. The van der Waals surface area contributed by atoms with Gasteiger partial charge >= 0.3 is 0 Å². The molecule has 2 heterocycles. The first-order chi connectivity index (χ1) is 10.7. The second kappa shape index (κ2) is 6.80. The molecule has 0 aromatic heterocycles. The van der Waals surface area contributed by atoms with E-state index in [9.17, 15) is 4.79 Å². The van der Waals surface area contributed by atoms with Crippen molar-refractivity contribution in [3.05, 3.63) is 35.9 Å². The summed E-state index contributed by atoms with van der Waals surface area (Å²) < 4.78 is 11.0. The van der Waals surface area contributed by atoms with Crippen LogP contribution in [-0.4, -0.2) is 43.4 Å². The third-order valence-electron chi connectivity index (χ3n) is 4.76. The number of piperidine rings is 1. The van der Waals surface area contributed by atoms with Crippen LogP contribution < -0.4 is 0 Å². The number of hydrogen-bond acceptors (Lipinski definition) is 3. The minimum Gasteiger partial charge on any atom is -0.352 e. The summed E-state index contributed by atoms with van der Waals surface area (Å²) in [5.74, 6) is 0.147. The van der Waals surface area contributed by atoms with Crippen LogP contribution in [0, 0.1) is 0 Å². The van der Waals surface area contributed by atoms with Crippen molar-refractivity contribution in [2.45, 2.75) is 44.3 Å². The lowest BCUT2D eigenvalue weighted by atomic mass is 9.76. The molecule has 0 saturated carbocycles. The van der Waals surface area contributed by atoms with Crippen LogP contribution in [0.2, 0.25) is 0 Å². The molecule has 2 aliphatic heterocycles. The van der Waals surface area contributed by atoms with E-state index in [2.05, 4.69) is 31.2 Å². The molecule has 120 valence electrons. The molecule has 2 aliphatic rings. The van der Waals surface area contributed by atoms with E-state index < -0.39 is 0 Å². The molecule has 1 unspecified atom stereocenters. The zero-order chi connectivity index (χ0) is 15.4. The fourth-order valence-corrected chi connectivity index (χ4v) is 3.45. The van der Waals surface area contributed by atoms with Crippen molar-refractivity contribution >= 4 is 5.91 Å². The third-order valence-corrected chi connectivity index (χ3v) is 4.76. The molecule has 0 bridgehead atoms. The Labute approximate surface area is 132 Å². The maximum atomic E-state index is 12.6. The number of ether oxygens (including phenoxy) is 2. The first-order valence-corrected chi connectivity index (χ1v) is 8.24. The van der Waals surface area contributed by atoms with Gasteiger partial charge in [-0.3, -0.25) is 4.79 Å². The Hall–Kier alpha value is -1.39. The fraction of sp³-hybridized carbons (Fsp3) is 0.611. The molecule has 0 N–H and O–H groups in total. The summed E-state index contributed by atoms with van der Waals surface area (Å²) in [6, 6.07) is 10.5. The molecule has 1 aromatic rings. The van der Waals surface area contributed by atoms with Gasteiger partial charge in [0.15, 0.2) is 6.29 Å². The molecule has 1 atom stereocenters. The molecule has 4 heteroatoms. The van der Waals surface area contributed by atoms with Crippen molar-refractivity contribution in [3.8, 4) is 0 Å². The van der Waals surface area contributed by atoms with E-state index >= 15 is 0 Å². The van der Waals surface area contributed by atoms with Crippen LogP contribution in [0.1, 0.15) is 38.2 Å². The van der Waals surface area contributed by atoms with Gasteiger partial charge < -0.3 is 14.4 Å². The molecule has 3 rings (SSSR count). The Morgan fingerprint density at radius 3 is 2.68 bits per heavy atom. The monoisotopic (exact) mass is 303 g/mol. The Balaban J connectivity index is 1.63. The number of carbonyl (C=O) groups is 1. The van der Waals surface area contributed by atoms with E-state index in [1.165, 1.54) is 5.56 Å². The average molecular weight is 303 g/mol. The van der Waals surface area contributed by atoms with Crippen LogP contribution in [0.15, 0.2) is 30.3 Å². The van der Waals surface area contributed by atoms with E-state index in [4.69, 9.17) is 9.47 Å². The van der Waals surface area contributed by atoms with E-state index in [-0.39, 0.29) is 17.6 Å². The quantitative estimate of drug-likeness (QED) is 0.862. The molecular weight excluding hydrogens is 278 g/mol. The van der Waals surface area contributed by atoms with Crippen molar-refractivity contribution < 1.29 is 14.3 Å². The minimum atomic E-state index is -0.355. The number of benzene rings is 1. The number of carbonyl (C=O) groups excluding carboxylic acids is 1. The lowest BCUT2D eigenvalue weighted by Crippen LogP contribution is -2.48. The van der Waals surface area contributed by atoms with Crippen molar-refractivity contribution in [2.75, 3.05) is 26.3 Å². The normalized spacial score (nSPS) is 26.9. The van der Waals surface area contributed by atoms with Gasteiger partial charge in [-0.1, -0.05) is 37.3 Å². The zero-order valence-corrected chi connectivity index (χ0v) is 13.3. The summed E-state index contributed by atoms with van der Waals surface area (Å²) in [6.45, 7) is 5.27. The van der Waals surface area contributed by atoms with Crippen molar-refractivity contribution in [1.29, 1.82) is 0 Å². The Bertz CT molecular complexity index is 498. The van der Waals surface area contributed by atoms with Crippen molar-refractivity contribution in [1.82, 2.24) is 4.90 Å². The highest BCUT2D eigenvalue weighted by molar-refractivity contribution is 5.76. The highest BCUT2D eigenvalue weighted by Gasteiger charge is 2.35. The molecule has 2 saturated heterocycles. The summed E-state index contributed by atoms with van der Waals surface area (Å²) in [7, 11) is 0. The summed E-state index contributed by atoms with van der Waals surface area (Å²) in [5, 5.41) is 0. The Morgan fingerprint density at radius 1 is 1.23 bits per heavy atom. The van der Waals surface area contributed by atoms with Crippen LogP contribution in [-0.2, 0) is 19.7 Å². The van der Waals surface area contributed by atoms with E-state index in [0.717, 1.165) is 32.4 Å². The molecule has 0 radical (unpaired) electrons. The highest BCUT2D eigenvalue weighted by Crippen LogP contribution is 2.33. The predicted molar refractivity (Wildman–Crippen MR) is 84.5 cm³/mol. The average Bonchev–Trinajstić information content (AvgIpc) is 2.57. The number of hydrogen-bond donors (Lipinski definition) is 0. The van der Waals surface area contributed by atoms with E-state index in [1.54, 1.807) is 0 Å². The second-order valence-corrected chi connectivity index (χ2v) is 6.57. The van der Waals surface area contributed by atoms with Crippen LogP contribution in [0.3, 0.4) is 0 Å². The fourth-order valence-electron chi connectivity index (χ4n) is 3.45. The number of likely N-dealkylation sites (tertiary alicyclic amines) is 1. The molecule has 22 heavy (non-hydrogen) atoms. The van der Waals surface area contributed by atoms with E-state index in [0.29, 0.717) is 19.6 Å². The predicted octanol–water partition coefficient (Wildman–Crippen LogP) is 2.72. The van der Waals surface area contributed by atoms with Gasteiger partial charge in [0.05, 0.1) is 19.6 Å². The van der Waals surface area contributed by atoms with Crippen LogP contribution in [0.25, 0.3) is 0 Å². The summed E-state index contributed by atoms with van der Waals surface area (Å²) in [4.78, 5) is 14.5. The van der Waals surface area contributed by atoms with Gasteiger partial charge in [0.2, 0.25) is 5.91 Å². The smallest absolute Gasteiger partial charge is 0.227 e. The van der Waals surface area contributed by atoms with E-state index in [1.807, 2.05) is 11.0 Å². The summed E-state index contributed by atoms with van der Waals surface area (Å²) in [5.41, 5.74) is 1.36. The lowest BCUT2D eigenvalue weighted by Gasteiger charge is -2.41. The van der Waals surface area contributed by atoms with Gasteiger partial charge in [0, 0.05) is 18.5 Å². The molecule has 4 nitrogen and oxygen atoms in total. The van der Waals surface area contributed by atoms with Gasteiger partial charge in [-0.2, -0.15) is 0 Å². The van der Waals surface area contributed by atoms with Gasteiger partial charge in [-0.15, -0.1) is 0 Å². The zero-order valence-electron chi connectivity index (χ0n) is 13.3. The van der Waals surface area contributed by atoms with Crippen molar-refractivity contribution in [3.63, 3.8) is 0 Å². The minimum absolute atomic E-state index is 0.0451. The third kappa shape index (κ3) is 3.50. The molecule has 2 fully saturated rings. The molecule has 1 aromatic carbocycles.